The number of hydrogen-bond acceptors (Lipinski definition) is 3. The number of halogens is 4. The smallest absolute Gasteiger partial charge is 0.390 e. The van der Waals surface area contributed by atoms with Crippen LogP contribution in [0, 0.1) is 5.82 Å². The third-order valence-corrected chi connectivity index (χ3v) is 4.93. The molecule has 166 valence electrons. The number of aliphatic hydroxyl groups is 1. The Morgan fingerprint density at radius 3 is 2.48 bits per heavy atom. The van der Waals surface area contributed by atoms with Crippen molar-refractivity contribution in [1.82, 2.24) is 9.61 Å². The van der Waals surface area contributed by atoms with Gasteiger partial charge in [-0.1, -0.05) is 18.2 Å². The van der Waals surface area contributed by atoms with Crippen molar-refractivity contribution < 1.29 is 27.5 Å². The van der Waals surface area contributed by atoms with Crippen molar-refractivity contribution in [1.29, 1.82) is 0 Å². The fourth-order valence-electron chi connectivity index (χ4n) is 3.59. The van der Waals surface area contributed by atoms with Gasteiger partial charge in [0.25, 0.3) is 0 Å². The molecule has 0 aliphatic carbocycles. The molecule has 1 N–H and O–H groups in total. The monoisotopic (exact) mass is 436 g/mol. The van der Waals surface area contributed by atoms with E-state index >= 15 is 0 Å². The van der Waals surface area contributed by atoms with Gasteiger partial charge in [0.2, 0.25) is 0 Å². The van der Waals surface area contributed by atoms with E-state index in [0.29, 0.717) is 30.5 Å². The van der Waals surface area contributed by atoms with E-state index in [0.717, 1.165) is 12.1 Å². The minimum atomic E-state index is -4.53. The zero-order valence-electron chi connectivity index (χ0n) is 17.3. The highest BCUT2D eigenvalue weighted by Crippen LogP contribution is 2.35. The Hall–Kier alpha value is -2.74. The SMILES string of the molecule is CC(C)(O)CC(=O)CCCCc1nn2ccc(C(F)(F)F)cc2c1-c1ccccc1F. The molecule has 31 heavy (non-hydrogen) atoms. The summed E-state index contributed by atoms with van der Waals surface area (Å²) in [6, 6.07) is 7.82. The highest BCUT2D eigenvalue weighted by molar-refractivity contribution is 5.83. The Morgan fingerprint density at radius 2 is 1.84 bits per heavy atom. The normalized spacial score (nSPS) is 12.5. The molecule has 3 rings (SSSR count). The number of pyridine rings is 1. The van der Waals surface area contributed by atoms with Crippen LogP contribution in [0.5, 0.6) is 0 Å². The van der Waals surface area contributed by atoms with Crippen LogP contribution in [0.3, 0.4) is 0 Å². The third kappa shape index (κ3) is 5.70. The Bertz CT molecular complexity index is 1080. The van der Waals surface area contributed by atoms with Crippen molar-refractivity contribution in [3.05, 3.63) is 59.7 Å². The molecule has 0 aliphatic heterocycles. The van der Waals surface area contributed by atoms with Gasteiger partial charge in [-0.25, -0.2) is 8.91 Å². The number of Topliss-reactive ketones (excluding diaryl/α,β-unsaturated/α-hetero) is 1. The van der Waals surface area contributed by atoms with Crippen LogP contribution in [0.4, 0.5) is 17.6 Å². The number of aryl methyl sites for hydroxylation is 1. The number of unbranched alkanes of at least 4 members (excludes halogenated alkanes) is 1. The highest BCUT2D eigenvalue weighted by atomic mass is 19.4. The van der Waals surface area contributed by atoms with Crippen molar-refractivity contribution in [3.63, 3.8) is 0 Å². The first-order valence-corrected chi connectivity index (χ1v) is 10.0. The molecule has 0 atom stereocenters. The molecule has 0 saturated carbocycles. The first-order chi connectivity index (χ1) is 14.5. The fraction of sp³-hybridized carbons (Fsp3) is 0.391. The summed E-state index contributed by atoms with van der Waals surface area (Å²) >= 11 is 0. The van der Waals surface area contributed by atoms with Crippen molar-refractivity contribution in [2.45, 2.75) is 57.7 Å². The number of benzene rings is 1. The molecular weight excluding hydrogens is 412 g/mol. The highest BCUT2D eigenvalue weighted by Gasteiger charge is 2.31. The zero-order valence-corrected chi connectivity index (χ0v) is 17.3. The number of fused-ring (bicyclic) bond motifs is 1. The van der Waals surface area contributed by atoms with E-state index in [1.54, 1.807) is 19.9 Å². The van der Waals surface area contributed by atoms with Crippen LogP contribution in [0.1, 0.15) is 50.8 Å². The van der Waals surface area contributed by atoms with Crippen LogP contribution in [0.2, 0.25) is 0 Å². The predicted molar refractivity (Wildman–Crippen MR) is 109 cm³/mol. The van der Waals surface area contributed by atoms with E-state index in [2.05, 4.69) is 5.10 Å². The lowest BCUT2D eigenvalue weighted by atomic mass is 9.97. The fourth-order valence-corrected chi connectivity index (χ4v) is 3.59. The summed E-state index contributed by atoms with van der Waals surface area (Å²) in [4.78, 5) is 11.9. The molecule has 2 heterocycles. The topological polar surface area (TPSA) is 54.6 Å². The zero-order chi connectivity index (χ0) is 22.8. The molecule has 2 aromatic heterocycles. The van der Waals surface area contributed by atoms with E-state index in [1.165, 1.54) is 28.9 Å². The molecular formula is C23H24F4N2O2. The molecule has 1 aromatic carbocycles. The van der Waals surface area contributed by atoms with Gasteiger partial charge < -0.3 is 5.11 Å². The summed E-state index contributed by atoms with van der Waals surface area (Å²) in [5.41, 5.74) is -0.738. The Labute approximate surface area is 177 Å². The van der Waals surface area contributed by atoms with Crippen molar-refractivity contribution >= 4 is 11.3 Å². The van der Waals surface area contributed by atoms with Crippen LogP contribution >= 0.6 is 0 Å². The van der Waals surface area contributed by atoms with E-state index < -0.39 is 23.2 Å². The van der Waals surface area contributed by atoms with Crippen LogP contribution < -0.4 is 0 Å². The molecule has 0 spiro atoms. The summed E-state index contributed by atoms with van der Waals surface area (Å²) in [5, 5.41) is 14.1. The van der Waals surface area contributed by atoms with Gasteiger partial charge in [0.1, 0.15) is 11.6 Å². The van der Waals surface area contributed by atoms with Crippen LogP contribution in [-0.2, 0) is 17.4 Å². The Balaban J connectivity index is 1.89. The summed E-state index contributed by atoms with van der Waals surface area (Å²) in [7, 11) is 0. The average molecular weight is 436 g/mol. The molecule has 4 nitrogen and oxygen atoms in total. The molecule has 3 aromatic rings. The van der Waals surface area contributed by atoms with Gasteiger partial charge in [0.05, 0.1) is 22.4 Å². The van der Waals surface area contributed by atoms with Crippen molar-refractivity contribution in [2.24, 2.45) is 0 Å². The second-order valence-electron chi connectivity index (χ2n) is 8.28. The minimum Gasteiger partial charge on any atom is -0.390 e. The summed E-state index contributed by atoms with van der Waals surface area (Å²) in [6.45, 7) is 3.13. The first kappa shape index (κ1) is 22.9. The maximum Gasteiger partial charge on any atom is 0.416 e. The Morgan fingerprint density at radius 1 is 1.13 bits per heavy atom. The predicted octanol–water partition coefficient (Wildman–Crippen LogP) is 5.60. The second kappa shape index (κ2) is 8.78. The van der Waals surface area contributed by atoms with E-state index in [-0.39, 0.29) is 29.7 Å². The number of nitrogens with zero attached hydrogens (tertiary/aromatic N) is 2. The first-order valence-electron chi connectivity index (χ1n) is 10.0. The van der Waals surface area contributed by atoms with E-state index in [9.17, 15) is 27.5 Å². The molecule has 0 amide bonds. The molecule has 0 radical (unpaired) electrons. The maximum absolute atomic E-state index is 14.5. The summed E-state index contributed by atoms with van der Waals surface area (Å²) < 4.78 is 55.5. The summed E-state index contributed by atoms with van der Waals surface area (Å²) in [5.74, 6) is -0.608. The summed E-state index contributed by atoms with van der Waals surface area (Å²) in [6.07, 6.45) is -1.50. The molecule has 0 saturated heterocycles. The maximum atomic E-state index is 14.5. The lowest BCUT2D eigenvalue weighted by Gasteiger charge is -2.15. The molecule has 0 fully saturated rings. The van der Waals surface area contributed by atoms with Gasteiger partial charge in [0, 0.05) is 30.2 Å². The number of hydrogen-bond donors (Lipinski definition) is 1. The number of aromatic nitrogens is 2. The van der Waals surface area contributed by atoms with Crippen LogP contribution in [0.25, 0.3) is 16.6 Å². The minimum absolute atomic E-state index is 0.0576. The van der Waals surface area contributed by atoms with Gasteiger partial charge >= 0.3 is 6.18 Å². The van der Waals surface area contributed by atoms with Gasteiger partial charge in [-0.3, -0.25) is 4.79 Å². The van der Waals surface area contributed by atoms with E-state index in [4.69, 9.17) is 0 Å². The van der Waals surface area contributed by atoms with Gasteiger partial charge in [-0.2, -0.15) is 18.3 Å². The number of rotatable bonds is 8. The number of carbonyl (C=O) groups is 1. The largest absolute Gasteiger partial charge is 0.416 e. The lowest BCUT2D eigenvalue weighted by Crippen LogP contribution is -2.23. The number of alkyl halides is 3. The number of carbonyl (C=O) groups excluding carboxylic acids is 1. The quantitative estimate of drug-likeness (QED) is 0.369. The van der Waals surface area contributed by atoms with Crippen LogP contribution in [0.15, 0.2) is 42.6 Å². The second-order valence-corrected chi connectivity index (χ2v) is 8.28. The molecule has 8 heteroatoms. The standard InChI is InChI=1S/C23H24F4N2O2/c1-22(2,31)14-16(30)7-3-6-10-19-21(17-8-4-5-9-18(17)24)20-13-15(23(25,26)27)11-12-29(20)28-19/h4-5,8-9,11-13,31H,3,6-7,10,14H2,1-2H3. The number of ketones is 1. The third-order valence-electron chi connectivity index (χ3n) is 4.93. The van der Waals surface area contributed by atoms with E-state index in [1.807, 2.05) is 0 Å². The molecule has 0 aliphatic rings. The van der Waals surface area contributed by atoms with Crippen molar-refractivity contribution in [2.75, 3.05) is 0 Å². The van der Waals surface area contributed by atoms with Gasteiger partial charge in [0.15, 0.2) is 0 Å². The van der Waals surface area contributed by atoms with Crippen molar-refractivity contribution in [3.8, 4) is 11.1 Å². The molecule has 0 bridgehead atoms. The lowest BCUT2D eigenvalue weighted by molar-refractivity contribution is -0.137. The average Bonchev–Trinajstić information content (AvgIpc) is 3.01. The van der Waals surface area contributed by atoms with Gasteiger partial charge in [-0.15, -0.1) is 0 Å². The van der Waals surface area contributed by atoms with Crippen LogP contribution in [-0.4, -0.2) is 26.1 Å². The Kier molecular flexibility index (Phi) is 6.50. The van der Waals surface area contributed by atoms with Gasteiger partial charge in [-0.05, 0) is 51.3 Å². The molecule has 0 unspecified atom stereocenters.